The van der Waals surface area contributed by atoms with Crippen LogP contribution >= 0.6 is 0 Å². The van der Waals surface area contributed by atoms with E-state index >= 15 is 0 Å². The summed E-state index contributed by atoms with van der Waals surface area (Å²) in [4.78, 5) is 11.1. The van der Waals surface area contributed by atoms with Gasteiger partial charge < -0.3 is 14.6 Å². The van der Waals surface area contributed by atoms with Crippen LogP contribution in [0.15, 0.2) is 30.4 Å². The fourth-order valence-electron chi connectivity index (χ4n) is 2.00. The van der Waals surface area contributed by atoms with Crippen LogP contribution in [0.1, 0.15) is 19.4 Å². The number of para-hydroxylation sites is 1. The maximum absolute atomic E-state index is 11.1. The van der Waals surface area contributed by atoms with Gasteiger partial charge in [-0.25, -0.2) is 4.79 Å². The molecular weight excluding hydrogens is 232 g/mol. The molecule has 0 amide bonds. The maximum atomic E-state index is 11.1. The quantitative estimate of drug-likeness (QED) is 0.834. The maximum Gasteiger partial charge on any atom is 0.331 e. The number of ether oxygens (including phenoxy) is 2. The highest BCUT2D eigenvalue weighted by Gasteiger charge is 2.33. The zero-order valence-corrected chi connectivity index (χ0v) is 10.5. The molecule has 18 heavy (non-hydrogen) atoms. The van der Waals surface area contributed by atoms with Gasteiger partial charge in [0.15, 0.2) is 11.5 Å². The van der Waals surface area contributed by atoms with Gasteiger partial charge in [-0.1, -0.05) is 32.6 Å². The fraction of sp³-hybridized carbons (Fsp3) is 0.357. The Morgan fingerprint density at radius 2 is 2.00 bits per heavy atom. The van der Waals surface area contributed by atoms with Crippen molar-refractivity contribution in [3.63, 3.8) is 0 Å². The van der Waals surface area contributed by atoms with Crippen LogP contribution in [0.25, 0.3) is 0 Å². The lowest BCUT2D eigenvalue weighted by Gasteiger charge is -2.30. The van der Waals surface area contributed by atoms with E-state index in [0.29, 0.717) is 24.7 Å². The van der Waals surface area contributed by atoms with Crippen molar-refractivity contribution in [2.24, 2.45) is 0 Å². The molecule has 0 unspecified atom stereocenters. The molecule has 0 spiro atoms. The summed E-state index contributed by atoms with van der Waals surface area (Å²) in [6, 6.07) is 5.50. The van der Waals surface area contributed by atoms with Crippen molar-refractivity contribution in [2.45, 2.75) is 19.3 Å². The van der Waals surface area contributed by atoms with Gasteiger partial charge in [0.05, 0.1) is 0 Å². The van der Waals surface area contributed by atoms with Gasteiger partial charge in [0.1, 0.15) is 13.2 Å². The van der Waals surface area contributed by atoms with E-state index in [0.717, 1.165) is 5.56 Å². The number of carboxylic acid groups (broad SMARTS) is 1. The van der Waals surface area contributed by atoms with Crippen LogP contribution in [0.3, 0.4) is 0 Å². The Morgan fingerprint density at radius 1 is 1.33 bits per heavy atom. The number of carbonyl (C=O) groups is 1. The van der Waals surface area contributed by atoms with Crippen molar-refractivity contribution in [2.75, 3.05) is 13.2 Å². The minimum absolute atomic E-state index is 0.130. The van der Waals surface area contributed by atoms with E-state index in [1.54, 1.807) is 0 Å². The Bertz CT molecular complexity index is 503. The van der Waals surface area contributed by atoms with Gasteiger partial charge in [0, 0.05) is 16.6 Å². The lowest BCUT2D eigenvalue weighted by atomic mass is 9.77. The van der Waals surface area contributed by atoms with E-state index in [4.69, 9.17) is 14.6 Å². The number of benzene rings is 1. The molecule has 4 heteroatoms. The third-order valence-electron chi connectivity index (χ3n) is 3.25. The number of aliphatic carboxylic acids is 1. The van der Waals surface area contributed by atoms with E-state index in [2.05, 4.69) is 6.58 Å². The number of hydrogen-bond acceptors (Lipinski definition) is 3. The monoisotopic (exact) mass is 248 g/mol. The van der Waals surface area contributed by atoms with Gasteiger partial charge in [0.2, 0.25) is 0 Å². The summed E-state index contributed by atoms with van der Waals surface area (Å²) in [7, 11) is 0. The lowest BCUT2D eigenvalue weighted by Crippen LogP contribution is -2.27. The van der Waals surface area contributed by atoms with Crippen molar-refractivity contribution in [1.29, 1.82) is 0 Å². The first-order valence-electron chi connectivity index (χ1n) is 5.76. The first kappa shape index (κ1) is 12.5. The second-order valence-electron chi connectivity index (χ2n) is 4.74. The molecule has 1 N–H and O–H groups in total. The second kappa shape index (κ2) is 4.37. The third kappa shape index (κ3) is 1.94. The second-order valence-corrected chi connectivity index (χ2v) is 4.74. The van der Waals surface area contributed by atoms with E-state index < -0.39 is 11.4 Å². The van der Waals surface area contributed by atoms with Crippen LogP contribution in [0.5, 0.6) is 11.5 Å². The lowest BCUT2D eigenvalue weighted by molar-refractivity contribution is -0.133. The third-order valence-corrected chi connectivity index (χ3v) is 3.25. The van der Waals surface area contributed by atoms with Crippen molar-refractivity contribution < 1.29 is 19.4 Å². The van der Waals surface area contributed by atoms with E-state index in [9.17, 15) is 4.79 Å². The summed E-state index contributed by atoms with van der Waals surface area (Å²) < 4.78 is 11.1. The number of fused-ring (bicyclic) bond motifs is 1. The van der Waals surface area contributed by atoms with E-state index in [1.165, 1.54) is 0 Å². The minimum Gasteiger partial charge on any atom is -0.486 e. The molecule has 0 radical (unpaired) electrons. The van der Waals surface area contributed by atoms with Crippen LogP contribution in [-0.4, -0.2) is 24.3 Å². The Kier molecular flexibility index (Phi) is 3.03. The topological polar surface area (TPSA) is 55.8 Å². The molecule has 1 aromatic carbocycles. The standard InChI is InChI=1S/C14H16O4/c1-9(13(15)16)14(2,3)10-5-4-6-11-12(10)18-8-7-17-11/h4-6H,1,7-8H2,2-3H3,(H,15,16). The molecule has 0 saturated heterocycles. The van der Waals surface area contributed by atoms with Gasteiger partial charge in [0.25, 0.3) is 0 Å². The van der Waals surface area contributed by atoms with E-state index in [1.807, 2.05) is 32.0 Å². The molecule has 0 aromatic heterocycles. The Hall–Kier alpha value is -1.97. The first-order chi connectivity index (χ1) is 8.44. The molecule has 0 fully saturated rings. The summed E-state index contributed by atoms with van der Waals surface area (Å²) >= 11 is 0. The van der Waals surface area contributed by atoms with Gasteiger partial charge in [-0.3, -0.25) is 0 Å². The van der Waals surface area contributed by atoms with Gasteiger partial charge >= 0.3 is 5.97 Å². The number of hydrogen-bond donors (Lipinski definition) is 1. The largest absolute Gasteiger partial charge is 0.486 e. The summed E-state index contributed by atoms with van der Waals surface area (Å²) in [6.45, 7) is 8.27. The number of carboxylic acids is 1. The molecule has 0 saturated carbocycles. The van der Waals surface area contributed by atoms with Crippen molar-refractivity contribution in [3.05, 3.63) is 35.9 Å². The summed E-state index contributed by atoms with van der Waals surface area (Å²) in [5.41, 5.74) is 0.204. The number of rotatable bonds is 3. The van der Waals surface area contributed by atoms with Gasteiger partial charge in [-0.15, -0.1) is 0 Å². The highest BCUT2D eigenvalue weighted by Crippen LogP contribution is 2.42. The summed E-state index contributed by atoms with van der Waals surface area (Å²) in [5, 5.41) is 9.11. The molecule has 1 heterocycles. The van der Waals surface area contributed by atoms with Crippen molar-refractivity contribution in [1.82, 2.24) is 0 Å². The molecule has 96 valence electrons. The zero-order chi connectivity index (χ0) is 13.3. The molecule has 0 bridgehead atoms. The van der Waals surface area contributed by atoms with Crippen LogP contribution in [0.4, 0.5) is 0 Å². The molecule has 0 atom stereocenters. The Morgan fingerprint density at radius 3 is 2.67 bits per heavy atom. The molecule has 1 aliphatic heterocycles. The molecule has 1 aromatic rings. The van der Waals surface area contributed by atoms with Gasteiger partial charge in [-0.2, -0.15) is 0 Å². The zero-order valence-electron chi connectivity index (χ0n) is 10.5. The molecule has 2 rings (SSSR count). The minimum atomic E-state index is -1.01. The normalized spacial score (nSPS) is 14.1. The highest BCUT2D eigenvalue weighted by molar-refractivity contribution is 5.89. The molecule has 4 nitrogen and oxygen atoms in total. The Balaban J connectivity index is 2.51. The van der Waals surface area contributed by atoms with Crippen LogP contribution in [-0.2, 0) is 10.2 Å². The van der Waals surface area contributed by atoms with Crippen molar-refractivity contribution >= 4 is 5.97 Å². The average molecular weight is 248 g/mol. The van der Waals surface area contributed by atoms with E-state index in [-0.39, 0.29) is 5.57 Å². The summed E-state index contributed by atoms with van der Waals surface area (Å²) in [5.74, 6) is 0.274. The smallest absolute Gasteiger partial charge is 0.331 e. The molecule has 1 aliphatic rings. The van der Waals surface area contributed by atoms with Crippen LogP contribution in [0, 0.1) is 0 Å². The SMILES string of the molecule is C=C(C(=O)O)C(C)(C)c1cccc2c1OCCO2. The Labute approximate surface area is 106 Å². The van der Waals surface area contributed by atoms with Crippen LogP contribution < -0.4 is 9.47 Å². The predicted molar refractivity (Wildman–Crippen MR) is 67.2 cm³/mol. The average Bonchev–Trinajstić information content (AvgIpc) is 2.36. The predicted octanol–water partition coefficient (Wildman–Crippen LogP) is 2.38. The highest BCUT2D eigenvalue weighted by atomic mass is 16.6. The van der Waals surface area contributed by atoms with Crippen molar-refractivity contribution in [3.8, 4) is 11.5 Å². The fourth-order valence-corrected chi connectivity index (χ4v) is 2.00. The van der Waals surface area contributed by atoms with Gasteiger partial charge in [-0.05, 0) is 6.07 Å². The van der Waals surface area contributed by atoms with Crippen LogP contribution in [0.2, 0.25) is 0 Å². The first-order valence-corrected chi connectivity index (χ1v) is 5.76. The molecular formula is C14H16O4. The molecule has 0 aliphatic carbocycles. The summed E-state index contributed by atoms with van der Waals surface area (Å²) in [6.07, 6.45) is 0.